The summed E-state index contributed by atoms with van der Waals surface area (Å²) in [6.45, 7) is 0. The van der Waals surface area contributed by atoms with Gasteiger partial charge in [-0.25, -0.2) is 4.98 Å². The maximum atomic E-state index is 6.18. The van der Waals surface area contributed by atoms with Gasteiger partial charge in [-0.3, -0.25) is 0 Å². The Labute approximate surface area is 198 Å². The molecule has 3 nitrogen and oxygen atoms in total. The number of nitrogens with one attached hydrogen (secondary N) is 1. The fraction of sp³-hybridized carbons (Fsp3) is 0. The Morgan fingerprint density at radius 2 is 1.15 bits per heavy atom. The number of oxazole rings is 1. The highest BCUT2D eigenvalue weighted by molar-refractivity contribution is 5.91. The zero-order valence-electron chi connectivity index (χ0n) is 18.5. The van der Waals surface area contributed by atoms with E-state index in [2.05, 4.69) is 83.1 Å². The molecule has 0 aliphatic rings. The fourth-order valence-electron chi connectivity index (χ4n) is 4.28. The highest BCUT2D eigenvalue weighted by Gasteiger charge is 2.12. The number of para-hydroxylation sites is 1. The molecule has 3 heteroatoms. The molecular formula is C31H22N2O. The molecule has 34 heavy (non-hydrogen) atoms. The van der Waals surface area contributed by atoms with Crippen LogP contribution in [0.15, 0.2) is 132 Å². The monoisotopic (exact) mass is 438 g/mol. The van der Waals surface area contributed by atoms with Crippen LogP contribution >= 0.6 is 0 Å². The molecule has 0 saturated heterocycles. The number of nitrogens with zero attached hydrogens (tertiary/aromatic N) is 1. The number of fused-ring (bicyclic) bond motifs is 1. The number of hydrogen-bond acceptors (Lipinski definition) is 3. The minimum Gasteiger partial charge on any atom is -0.434 e. The smallest absolute Gasteiger partial charge is 0.227 e. The zero-order valence-corrected chi connectivity index (χ0v) is 18.5. The summed E-state index contributed by atoms with van der Waals surface area (Å²) in [6.07, 6.45) is 0. The lowest BCUT2D eigenvalue weighted by atomic mass is 9.94. The van der Waals surface area contributed by atoms with Crippen LogP contribution in [-0.4, -0.2) is 4.98 Å². The second kappa shape index (κ2) is 8.72. The second-order valence-electron chi connectivity index (χ2n) is 8.16. The summed E-state index contributed by atoms with van der Waals surface area (Å²) in [4.78, 5) is 4.69. The van der Waals surface area contributed by atoms with Crippen LogP contribution in [0.2, 0.25) is 0 Å². The molecule has 6 rings (SSSR count). The minimum atomic E-state index is 0.621. The Kier molecular flexibility index (Phi) is 5.13. The van der Waals surface area contributed by atoms with Crippen LogP contribution in [0.4, 0.5) is 11.4 Å². The molecular weight excluding hydrogens is 416 g/mol. The van der Waals surface area contributed by atoms with Crippen LogP contribution in [0.5, 0.6) is 0 Å². The molecule has 0 aliphatic carbocycles. The van der Waals surface area contributed by atoms with Gasteiger partial charge in [-0.05, 0) is 58.7 Å². The van der Waals surface area contributed by atoms with Gasteiger partial charge < -0.3 is 9.73 Å². The third kappa shape index (κ3) is 3.84. The number of rotatable bonds is 5. The molecule has 0 amide bonds. The molecule has 1 heterocycles. The summed E-state index contributed by atoms with van der Waals surface area (Å²) >= 11 is 0. The average Bonchev–Trinajstić information content (AvgIpc) is 3.36. The second-order valence-corrected chi connectivity index (χ2v) is 8.16. The van der Waals surface area contributed by atoms with Gasteiger partial charge in [0.1, 0.15) is 5.52 Å². The van der Waals surface area contributed by atoms with Crippen LogP contribution in [0, 0.1) is 0 Å². The lowest BCUT2D eigenvalue weighted by Crippen LogP contribution is -1.92. The normalized spacial score (nSPS) is 10.9. The van der Waals surface area contributed by atoms with Crippen molar-refractivity contribution < 1.29 is 4.42 Å². The van der Waals surface area contributed by atoms with Gasteiger partial charge in [0.15, 0.2) is 5.58 Å². The largest absolute Gasteiger partial charge is 0.434 e. The maximum Gasteiger partial charge on any atom is 0.227 e. The van der Waals surface area contributed by atoms with Crippen LogP contribution in [0.25, 0.3) is 44.8 Å². The van der Waals surface area contributed by atoms with Crippen molar-refractivity contribution in [3.8, 4) is 33.7 Å². The first kappa shape index (κ1) is 20.0. The highest BCUT2D eigenvalue weighted by atomic mass is 16.3. The van der Waals surface area contributed by atoms with Crippen LogP contribution in [0.3, 0.4) is 0 Å². The molecule has 1 aromatic heterocycles. The van der Waals surface area contributed by atoms with E-state index in [4.69, 9.17) is 4.42 Å². The van der Waals surface area contributed by atoms with Gasteiger partial charge in [0.05, 0.1) is 5.69 Å². The minimum absolute atomic E-state index is 0.621. The standard InChI is InChI=1S/C31H22N2O/c1-3-11-22(12-4-1)26-17-7-8-18-27(26)24-15-9-16-25(21-24)32-28-19-10-20-29-30(28)34-31(33-29)23-13-5-2-6-14-23/h1-21,32H. The third-order valence-electron chi connectivity index (χ3n) is 5.90. The van der Waals surface area contributed by atoms with Gasteiger partial charge in [0, 0.05) is 11.3 Å². The Balaban J connectivity index is 1.37. The molecule has 1 N–H and O–H groups in total. The highest BCUT2D eigenvalue weighted by Crippen LogP contribution is 2.35. The molecule has 0 radical (unpaired) electrons. The quantitative estimate of drug-likeness (QED) is 0.293. The van der Waals surface area contributed by atoms with Gasteiger partial charge in [0.2, 0.25) is 5.89 Å². The molecule has 0 bridgehead atoms. The van der Waals surface area contributed by atoms with E-state index in [1.165, 1.54) is 16.7 Å². The fourth-order valence-corrected chi connectivity index (χ4v) is 4.28. The number of aromatic nitrogens is 1. The van der Waals surface area contributed by atoms with Crippen molar-refractivity contribution in [1.82, 2.24) is 4.98 Å². The molecule has 0 atom stereocenters. The van der Waals surface area contributed by atoms with Crippen molar-refractivity contribution in [2.75, 3.05) is 5.32 Å². The topological polar surface area (TPSA) is 38.1 Å². The van der Waals surface area contributed by atoms with E-state index in [1.807, 2.05) is 54.6 Å². The van der Waals surface area contributed by atoms with E-state index in [1.54, 1.807) is 0 Å². The zero-order chi connectivity index (χ0) is 22.7. The predicted octanol–water partition coefficient (Wildman–Crippen LogP) is 8.57. The van der Waals surface area contributed by atoms with Crippen molar-refractivity contribution in [3.05, 3.63) is 127 Å². The molecule has 6 aromatic rings. The number of hydrogen-bond donors (Lipinski definition) is 1. The first-order chi connectivity index (χ1) is 16.8. The molecule has 0 saturated carbocycles. The van der Waals surface area contributed by atoms with Crippen molar-refractivity contribution in [3.63, 3.8) is 0 Å². The van der Waals surface area contributed by atoms with E-state index >= 15 is 0 Å². The average molecular weight is 439 g/mol. The Hall–Kier alpha value is -4.63. The third-order valence-corrected chi connectivity index (χ3v) is 5.90. The predicted molar refractivity (Wildman–Crippen MR) is 140 cm³/mol. The van der Waals surface area contributed by atoms with E-state index < -0.39 is 0 Å². The molecule has 0 unspecified atom stereocenters. The lowest BCUT2D eigenvalue weighted by molar-refractivity contribution is 0.621. The van der Waals surface area contributed by atoms with E-state index in [-0.39, 0.29) is 0 Å². The van der Waals surface area contributed by atoms with E-state index in [9.17, 15) is 0 Å². The summed E-state index contributed by atoms with van der Waals surface area (Å²) in [6, 6.07) is 43.5. The van der Waals surface area contributed by atoms with Crippen molar-refractivity contribution in [1.29, 1.82) is 0 Å². The first-order valence-electron chi connectivity index (χ1n) is 11.3. The van der Waals surface area contributed by atoms with Gasteiger partial charge >= 0.3 is 0 Å². The van der Waals surface area contributed by atoms with E-state index in [0.717, 1.165) is 33.6 Å². The van der Waals surface area contributed by atoms with Crippen LogP contribution in [0.1, 0.15) is 0 Å². The summed E-state index contributed by atoms with van der Waals surface area (Å²) in [5.74, 6) is 0.621. The number of benzene rings is 5. The van der Waals surface area contributed by atoms with E-state index in [0.29, 0.717) is 5.89 Å². The number of anilines is 2. The maximum absolute atomic E-state index is 6.18. The Morgan fingerprint density at radius 3 is 1.91 bits per heavy atom. The van der Waals surface area contributed by atoms with Crippen molar-refractivity contribution in [2.24, 2.45) is 0 Å². The Morgan fingerprint density at radius 1 is 0.529 bits per heavy atom. The summed E-state index contributed by atoms with van der Waals surface area (Å²) in [5.41, 5.74) is 9.18. The van der Waals surface area contributed by atoms with Crippen molar-refractivity contribution >= 4 is 22.5 Å². The van der Waals surface area contributed by atoms with Gasteiger partial charge in [-0.2, -0.15) is 0 Å². The molecule has 162 valence electrons. The lowest BCUT2D eigenvalue weighted by Gasteiger charge is -2.12. The molecule has 0 spiro atoms. The summed E-state index contributed by atoms with van der Waals surface area (Å²) < 4.78 is 6.18. The first-order valence-corrected chi connectivity index (χ1v) is 11.3. The summed E-state index contributed by atoms with van der Waals surface area (Å²) in [5, 5.41) is 3.55. The molecule has 0 fully saturated rings. The molecule has 5 aromatic carbocycles. The Bertz CT molecular complexity index is 1570. The van der Waals surface area contributed by atoms with Crippen molar-refractivity contribution in [2.45, 2.75) is 0 Å². The SMILES string of the molecule is c1ccc(-c2nc3cccc(Nc4cccc(-c5ccccc5-c5ccccc5)c4)c3o2)cc1. The van der Waals surface area contributed by atoms with Gasteiger partial charge in [-0.15, -0.1) is 0 Å². The van der Waals surface area contributed by atoms with Crippen LogP contribution in [-0.2, 0) is 0 Å². The van der Waals surface area contributed by atoms with Gasteiger partial charge in [0.25, 0.3) is 0 Å². The molecule has 0 aliphatic heterocycles. The van der Waals surface area contributed by atoms with Crippen LogP contribution < -0.4 is 5.32 Å². The summed E-state index contributed by atoms with van der Waals surface area (Å²) in [7, 11) is 0. The van der Waals surface area contributed by atoms with Gasteiger partial charge in [-0.1, -0.05) is 91.0 Å².